The fourth-order valence-corrected chi connectivity index (χ4v) is 3.88. The van der Waals surface area contributed by atoms with Crippen LogP contribution in [0.5, 0.6) is 0 Å². The number of halogens is 1. The van der Waals surface area contributed by atoms with Crippen molar-refractivity contribution in [2.24, 2.45) is 5.92 Å². The van der Waals surface area contributed by atoms with Crippen LogP contribution in [0, 0.1) is 12.8 Å². The zero-order valence-electron chi connectivity index (χ0n) is 12.6. The minimum atomic E-state index is -0.0116. The van der Waals surface area contributed by atoms with Crippen molar-refractivity contribution in [3.63, 3.8) is 0 Å². The molecular formula is C15H21BrN2O2S. The molecule has 0 bridgehead atoms. The summed E-state index contributed by atoms with van der Waals surface area (Å²) in [5.74, 6) is 0.239. The van der Waals surface area contributed by atoms with Gasteiger partial charge in [-0.3, -0.25) is 9.59 Å². The van der Waals surface area contributed by atoms with Crippen molar-refractivity contribution in [1.29, 1.82) is 0 Å². The Morgan fingerprint density at radius 1 is 1.38 bits per heavy atom. The number of likely N-dealkylation sites (tertiary alicyclic amines) is 1. The van der Waals surface area contributed by atoms with E-state index in [0.29, 0.717) is 0 Å². The summed E-state index contributed by atoms with van der Waals surface area (Å²) >= 11 is 4.90. The second-order valence-corrected chi connectivity index (χ2v) is 8.17. The van der Waals surface area contributed by atoms with Gasteiger partial charge in [-0.25, -0.2) is 0 Å². The first kappa shape index (κ1) is 16.5. The average Bonchev–Trinajstić information content (AvgIpc) is 2.79. The highest BCUT2D eigenvalue weighted by Gasteiger charge is 2.25. The van der Waals surface area contributed by atoms with Crippen molar-refractivity contribution in [3.05, 3.63) is 20.3 Å². The van der Waals surface area contributed by atoms with Crippen molar-refractivity contribution >= 4 is 39.1 Å². The Kier molecular flexibility index (Phi) is 5.43. The molecule has 1 aromatic heterocycles. The lowest BCUT2D eigenvalue weighted by atomic mass is 10.0. The molecule has 0 saturated carbocycles. The number of rotatable bonds is 3. The van der Waals surface area contributed by atoms with Crippen LogP contribution in [0.25, 0.3) is 0 Å². The molecule has 0 atom stereocenters. The van der Waals surface area contributed by atoms with Gasteiger partial charge in [0.1, 0.15) is 0 Å². The molecule has 0 unspecified atom stereocenters. The van der Waals surface area contributed by atoms with Crippen LogP contribution in [0.15, 0.2) is 9.85 Å². The average molecular weight is 373 g/mol. The van der Waals surface area contributed by atoms with Crippen molar-refractivity contribution in [2.45, 2.75) is 39.7 Å². The molecule has 2 amide bonds. The molecule has 21 heavy (non-hydrogen) atoms. The van der Waals surface area contributed by atoms with Gasteiger partial charge in [-0.05, 0) is 47.3 Å². The van der Waals surface area contributed by atoms with Gasteiger partial charge >= 0.3 is 0 Å². The molecule has 2 rings (SSSR count). The summed E-state index contributed by atoms with van der Waals surface area (Å²) < 4.78 is 1.00. The SMILES string of the molecule is Cc1cc(C(=O)NC2CCN(C(=O)C(C)C)CC2)sc1Br. The van der Waals surface area contributed by atoms with Gasteiger partial charge in [0.25, 0.3) is 5.91 Å². The number of carbonyl (C=O) groups is 2. The standard InChI is InChI=1S/C15H21BrN2O2S/c1-9(2)15(20)18-6-4-11(5-7-18)17-14(19)12-8-10(3)13(16)21-12/h8-9,11H,4-7H2,1-3H3,(H,17,19). The number of piperidine rings is 1. The summed E-state index contributed by atoms with van der Waals surface area (Å²) in [6.07, 6.45) is 1.66. The molecule has 1 saturated heterocycles. The summed E-state index contributed by atoms with van der Waals surface area (Å²) in [6.45, 7) is 7.29. The van der Waals surface area contributed by atoms with Crippen LogP contribution in [-0.4, -0.2) is 35.8 Å². The maximum absolute atomic E-state index is 12.2. The largest absolute Gasteiger partial charge is 0.348 e. The zero-order valence-corrected chi connectivity index (χ0v) is 15.0. The van der Waals surface area contributed by atoms with Crippen LogP contribution in [0.2, 0.25) is 0 Å². The molecule has 1 aliphatic rings. The molecule has 116 valence electrons. The van der Waals surface area contributed by atoms with E-state index in [1.165, 1.54) is 11.3 Å². The molecule has 1 aliphatic heterocycles. The highest BCUT2D eigenvalue weighted by Crippen LogP contribution is 2.27. The van der Waals surface area contributed by atoms with Gasteiger partial charge in [-0.2, -0.15) is 0 Å². The maximum Gasteiger partial charge on any atom is 0.261 e. The van der Waals surface area contributed by atoms with Crippen LogP contribution in [0.3, 0.4) is 0 Å². The predicted octanol–water partition coefficient (Wildman–Crippen LogP) is 3.20. The van der Waals surface area contributed by atoms with E-state index in [0.717, 1.165) is 40.2 Å². The predicted molar refractivity (Wildman–Crippen MR) is 88.7 cm³/mol. The fourth-order valence-electron chi connectivity index (χ4n) is 2.44. The van der Waals surface area contributed by atoms with Gasteiger partial charge in [0.05, 0.1) is 8.66 Å². The van der Waals surface area contributed by atoms with Gasteiger partial charge in [-0.1, -0.05) is 13.8 Å². The second kappa shape index (κ2) is 6.92. The third-order valence-electron chi connectivity index (χ3n) is 3.72. The number of nitrogens with zero attached hydrogens (tertiary/aromatic N) is 1. The van der Waals surface area contributed by atoms with E-state index in [1.54, 1.807) is 0 Å². The highest BCUT2D eigenvalue weighted by atomic mass is 79.9. The Morgan fingerprint density at radius 3 is 2.48 bits per heavy atom. The first-order valence-corrected chi connectivity index (χ1v) is 8.85. The van der Waals surface area contributed by atoms with E-state index < -0.39 is 0 Å². The molecule has 4 nitrogen and oxygen atoms in total. The van der Waals surface area contributed by atoms with Crippen molar-refractivity contribution in [2.75, 3.05) is 13.1 Å². The fraction of sp³-hybridized carbons (Fsp3) is 0.600. The van der Waals surface area contributed by atoms with E-state index in [2.05, 4.69) is 21.2 Å². The normalized spacial score (nSPS) is 16.3. The van der Waals surface area contributed by atoms with Crippen LogP contribution in [0.1, 0.15) is 41.9 Å². The number of hydrogen-bond donors (Lipinski definition) is 1. The molecule has 1 aromatic rings. The van der Waals surface area contributed by atoms with Crippen molar-refractivity contribution < 1.29 is 9.59 Å². The van der Waals surface area contributed by atoms with Crippen LogP contribution >= 0.6 is 27.3 Å². The van der Waals surface area contributed by atoms with Crippen LogP contribution in [-0.2, 0) is 4.79 Å². The first-order valence-electron chi connectivity index (χ1n) is 7.24. The molecule has 6 heteroatoms. The minimum absolute atomic E-state index is 0.0116. The van der Waals surface area contributed by atoms with Crippen molar-refractivity contribution in [3.8, 4) is 0 Å². The maximum atomic E-state index is 12.2. The molecule has 0 spiro atoms. The Balaban J connectivity index is 1.86. The van der Waals surface area contributed by atoms with Crippen LogP contribution < -0.4 is 5.32 Å². The number of amides is 2. The summed E-state index contributed by atoms with van der Waals surface area (Å²) in [5.41, 5.74) is 1.09. The number of thiophene rings is 1. The van der Waals surface area contributed by atoms with E-state index in [4.69, 9.17) is 0 Å². The monoisotopic (exact) mass is 372 g/mol. The third kappa shape index (κ3) is 4.07. The Morgan fingerprint density at radius 2 is 2.00 bits per heavy atom. The van der Waals surface area contributed by atoms with Gasteiger partial charge in [0, 0.05) is 25.0 Å². The van der Waals surface area contributed by atoms with Gasteiger partial charge in [-0.15, -0.1) is 11.3 Å². The summed E-state index contributed by atoms with van der Waals surface area (Å²) in [7, 11) is 0. The van der Waals surface area contributed by atoms with E-state index >= 15 is 0 Å². The number of hydrogen-bond acceptors (Lipinski definition) is 3. The lowest BCUT2D eigenvalue weighted by Crippen LogP contribution is -2.47. The third-order valence-corrected chi connectivity index (χ3v) is 5.85. The van der Waals surface area contributed by atoms with Gasteiger partial charge in [0.15, 0.2) is 0 Å². The topological polar surface area (TPSA) is 49.4 Å². The second-order valence-electron chi connectivity index (χ2n) is 5.80. The first-order chi connectivity index (χ1) is 9.88. The van der Waals surface area contributed by atoms with E-state index in [1.807, 2.05) is 31.7 Å². The van der Waals surface area contributed by atoms with E-state index in [9.17, 15) is 9.59 Å². The Bertz CT molecular complexity index is 514. The van der Waals surface area contributed by atoms with Gasteiger partial charge < -0.3 is 10.2 Å². The molecule has 1 N–H and O–H groups in total. The van der Waals surface area contributed by atoms with Crippen molar-refractivity contribution in [1.82, 2.24) is 10.2 Å². The molecule has 1 fully saturated rings. The number of aryl methyl sites for hydroxylation is 1. The summed E-state index contributed by atoms with van der Waals surface area (Å²) in [4.78, 5) is 26.8. The molecule has 0 radical (unpaired) electrons. The Hall–Kier alpha value is -0.880. The highest BCUT2D eigenvalue weighted by molar-refractivity contribution is 9.11. The Labute approximate surface area is 138 Å². The lowest BCUT2D eigenvalue weighted by Gasteiger charge is -2.33. The van der Waals surface area contributed by atoms with E-state index in [-0.39, 0.29) is 23.8 Å². The van der Waals surface area contributed by atoms with Gasteiger partial charge in [0.2, 0.25) is 5.91 Å². The lowest BCUT2D eigenvalue weighted by molar-refractivity contribution is -0.135. The number of carbonyl (C=O) groups excluding carboxylic acids is 2. The molecular weight excluding hydrogens is 352 g/mol. The number of nitrogens with one attached hydrogen (secondary N) is 1. The molecule has 0 aromatic carbocycles. The smallest absolute Gasteiger partial charge is 0.261 e. The molecule has 0 aliphatic carbocycles. The quantitative estimate of drug-likeness (QED) is 0.885. The summed E-state index contributed by atoms with van der Waals surface area (Å²) in [6, 6.07) is 2.07. The van der Waals surface area contributed by atoms with Crippen LogP contribution in [0.4, 0.5) is 0 Å². The zero-order chi connectivity index (χ0) is 15.6. The molecule has 2 heterocycles. The summed E-state index contributed by atoms with van der Waals surface area (Å²) in [5, 5.41) is 3.08. The minimum Gasteiger partial charge on any atom is -0.348 e.